The maximum atomic E-state index is 5.51. The fourth-order valence-corrected chi connectivity index (χ4v) is 4.22. The van der Waals surface area contributed by atoms with Gasteiger partial charge in [-0.1, -0.05) is 23.5 Å². The van der Waals surface area contributed by atoms with E-state index in [4.69, 9.17) is 19.3 Å². The summed E-state index contributed by atoms with van der Waals surface area (Å²) in [5.74, 6) is 2.25. The van der Waals surface area contributed by atoms with Crippen LogP contribution in [0.25, 0.3) is 16.3 Å². The fraction of sp³-hybridized carbons (Fsp3) is 0.217. The molecule has 31 heavy (non-hydrogen) atoms. The summed E-state index contributed by atoms with van der Waals surface area (Å²) in [6, 6.07) is 15.6. The molecule has 0 unspecified atom stereocenters. The van der Waals surface area contributed by atoms with E-state index in [1.807, 2.05) is 66.3 Å². The summed E-state index contributed by atoms with van der Waals surface area (Å²) >= 11 is 1.58. The lowest BCUT2D eigenvalue weighted by atomic mass is 10.2. The van der Waals surface area contributed by atoms with Crippen LogP contribution in [0.2, 0.25) is 0 Å². The molecule has 0 saturated heterocycles. The zero-order chi connectivity index (χ0) is 21.8. The lowest BCUT2D eigenvalue weighted by molar-refractivity contribution is 0.352. The molecule has 7 nitrogen and oxygen atoms in total. The van der Waals surface area contributed by atoms with E-state index in [0.29, 0.717) is 12.3 Å². The minimum atomic E-state index is 0.576. The zero-order valence-corrected chi connectivity index (χ0v) is 18.7. The molecule has 0 radical (unpaired) electrons. The van der Waals surface area contributed by atoms with Gasteiger partial charge in [0.25, 0.3) is 0 Å². The van der Waals surface area contributed by atoms with Gasteiger partial charge in [-0.25, -0.2) is 9.67 Å². The Labute approximate surface area is 185 Å². The van der Waals surface area contributed by atoms with Gasteiger partial charge in [0.1, 0.15) is 11.4 Å². The Morgan fingerprint density at radius 2 is 1.77 bits per heavy atom. The molecular weight excluding hydrogens is 412 g/mol. The molecule has 0 spiro atoms. The smallest absolute Gasteiger partial charge is 0.183 e. The lowest BCUT2D eigenvalue weighted by Gasteiger charge is -2.12. The second-order valence-corrected chi connectivity index (χ2v) is 7.78. The average Bonchev–Trinajstić information content (AvgIpc) is 3.44. The number of methoxy groups -OCH3 is 3. The Morgan fingerprint density at radius 1 is 0.968 bits per heavy atom. The van der Waals surface area contributed by atoms with Crippen LogP contribution in [0.15, 0.2) is 54.7 Å². The topological polar surface area (TPSA) is 70.4 Å². The number of anilines is 1. The first-order valence-corrected chi connectivity index (χ1v) is 10.6. The number of hydrogen-bond acceptors (Lipinski definition) is 7. The molecule has 4 rings (SSSR count). The van der Waals surface area contributed by atoms with E-state index in [0.717, 1.165) is 44.1 Å². The summed E-state index contributed by atoms with van der Waals surface area (Å²) in [5.41, 5.74) is 3.79. The minimum Gasteiger partial charge on any atom is -0.497 e. The van der Waals surface area contributed by atoms with Crippen molar-refractivity contribution >= 4 is 16.5 Å². The van der Waals surface area contributed by atoms with Crippen molar-refractivity contribution < 1.29 is 14.2 Å². The number of para-hydroxylation sites is 1. The van der Waals surface area contributed by atoms with Crippen LogP contribution in [0, 0.1) is 6.92 Å². The zero-order valence-electron chi connectivity index (χ0n) is 17.9. The number of aromatic nitrogens is 3. The van der Waals surface area contributed by atoms with Crippen molar-refractivity contribution in [2.45, 2.75) is 13.5 Å². The maximum Gasteiger partial charge on any atom is 0.183 e. The van der Waals surface area contributed by atoms with Crippen LogP contribution in [0.3, 0.4) is 0 Å². The Kier molecular flexibility index (Phi) is 6.08. The quantitative estimate of drug-likeness (QED) is 0.422. The third-order valence-electron chi connectivity index (χ3n) is 4.87. The number of hydrogen-bond donors (Lipinski definition) is 1. The predicted molar refractivity (Wildman–Crippen MR) is 123 cm³/mol. The predicted octanol–water partition coefficient (Wildman–Crippen LogP) is 4.94. The number of nitrogens with one attached hydrogen (secondary N) is 1. The molecule has 2 aromatic heterocycles. The van der Waals surface area contributed by atoms with E-state index in [9.17, 15) is 0 Å². The molecule has 1 N–H and O–H groups in total. The number of rotatable bonds is 8. The summed E-state index contributed by atoms with van der Waals surface area (Å²) in [7, 11) is 4.94. The summed E-state index contributed by atoms with van der Waals surface area (Å²) in [6.07, 6.45) is 1.95. The van der Waals surface area contributed by atoms with E-state index >= 15 is 0 Å². The second kappa shape index (κ2) is 9.09. The van der Waals surface area contributed by atoms with Crippen molar-refractivity contribution in [3.63, 3.8) is 0 Å². The van der Waals surface area contributed by atoms with E-state index in [1.165, 1.54) is 0 Å². The van der Waals surface area contributed by atoms with Crippen LogP contribution >= 0.6 is 11.3 Å². The Hall–Kier alpha value is -3.52. The summed E-state index contributed by atoms with van der Waals surface area (Å²) in [4.78, 5) is 5.71. The monoisotopic (exact) mass is 436 g/mol. The van der Waals surface area contributed by atoms with Crippen molar-refractivity contribution in [1.29, 1.82) is 0 Å². The van der Waals surface area contributed by atoms with Crippen molar-refractivity contribution in [2.75, 3.05) is 26.6 Å². The first-order valence-electron chi connectivity index (χ1n) is 9.74. The van der Waals surface area contributed by atoms with Gasteiger partial charge in [0.05, 0.1) is 37.6 Å². The molecule has 0 aliphatic rings. The van der Waals surface area contributed by atoms with Gasteiger partial charge in [-0.2, -0.15) is 5.10 Å². The number of nitrogens with zero attached hydrogens (tertiary/aromatic N) is 3. The van der Waals surface area contributed by atoms with Crippen LogP contribution in [-0.2, 0) is 6.54 Å². The molecule has 0 aliphatic carbocycles. The molecule has 0 saturated carbocycles. The van der Waals surface area contributed by atoms with Crippen molar-refractivity contribution in [3.8, 4) is 33.5 Å². The van der Waals surface area contributed by atoms with Crippen LogP contribution < -0.4 is 19.5 Å². The van der Waals surface area contributed by atoms with Crippen LogP contribution in [0.5, 0.6) is 17.2 Å². The van der Waals surface area contributed by atoms with Gasteiger partial charge in [-0.3, -0.25) is 0 Å². The van der Waals surface area contributed by atoms with Crippen LogP contribution in [-0.4, -0.2) is 36.1 Å². The molecule has 2 aromatic carbocycles. The van der Waals surface area contributed by atoms with Crippen LogP contribution in [0.4, 0.5) is 5.13 Å². The highest BCUT2D eigenvalue weighted by molar-refractivity contribution is 7.19. The Balaban J connectivity index is 1.51. The largest absolute Gasteiger partial charge is 0.497 e. The highest BCUT2D eigenvalue weighted by atomic mass is 32.1. The van der Waals surface area contributed by atoms with E-state index < -0.39 is 0 Å². The number of thiazole rings is 1. The first-order chi connectivity index (χ1) is 15.1. The molecule has 4 aromatic rings. The van der Waals surface area contributed by atoms with Gasteiger partial charge >= 0.3 is 0 Å². The Bertz CT molecular complexity index is 1170. The van der Waals surface area contributed by atoms with Gasteiger partial charge in [0.2, 0.25) is 0 Å². The van der Waals surface area contributed by atoms with Gasteiger partial charge in [-0.05, 0) is 43.3 Å². The van der Waals surface area contributed by atoms with E-state index in [1.54, 1.807) is 32.7 Å². The van der Waals surface area contributed by atoms with Crippen molar-refractivity contribution in [2.24, 2.45) is 0 Å². The normalized spacial score (nSPS) is 10.7. The van der Waals surface area contributed by atoms with Gasteiger partial charge < -0.3 is 19.5 Å². The number of ether oxygens (including phenoxy) is 3. The highest BCUT2D eigenvalue weighted by Crippen LogP contribution is 2.34. The van der Waals surface area contributed by atoms with E-state index in [2.05, 4.69) is 10.3 Å². The third kappa shape index (κ3) is 4.34. The summed E-state index contributed by atoms with van der Waals surface area (Å²) < 4.78 is 18.0. The molecule has 0 aliphatic heterocycles. The molecule has 2 heterocycles. The van der Waals surface area contributed by atoms with Gasteiger partial charge in [0, 0.05) is 18.3 Å². The molecular formula is C23H24N4O3S. The SMILES string of the molecule is COc1ccc(-n2ccc(-c3sc(NCc4cccc(OC)c4OC)nc3C)n2)cc1. The van der Waals surface area contributed by atoms with Gasteiger partial charge in [0.15, 0.2) is 16.6 Å². The summed E-state index contributed by atoms with van der Waals surface area (Å²) in [5, 5.41) is 8.95. The number of aryl methyl sites for hydroxylation is 1. The number of benzene rings is 2. The fourth-order valence-electron chi connectivity index (χ4n) is 3.30. The van der Waals surface area contributed by atoms with Crippen LogP contribution in [0.1, 0.15) is 11.3 Å². The molecule has 0 fully saturated rings. The standard InChI is InChI=1S/C23H24N4O3S/c1-15-22(19-12-13-27(26-19)17-8-10-18(28-2)11-9-17)31-23(25-15)24-14-16-6-5-7-20(29-3)21(16)30-4/h5-13H,14H2,1-4H3,(H,24,25). The molecule has 0 bridgehead atoms. The Morgan fingerprint density at radius 3 is 2.48 bits per heavy atom. The van der Waals surface area contributed by atoms with Crippen molar-refractivity contribution in [3.05, 3.63) is 66.0 Å². The first kappa shape index (κ1) is 20.7. The molecule has 8 heteroatoms. The average molecular weight is 437 g/mol. The van der Waals surface area contributed by atoms with Crippen molar-refractivity contribution in [1.82, 2.24) is 14.8 Å². The second-order valence-electron chi connectivity index (χ2n) is 6.78. The third-order valence-corrected chi connectivity index (χ3v) is 6.01. The molecule has 0 atom stereocenters. The minimum absolute atomic E-state index is 0.576. The lowest BCUT2D eigenvalue weighted by Crippen LogP contribution is -2.02. The molecule has 160 valence electrons. The van der Waals surface area contributed by atoms with E-state index in [-0.39, 0.29) is 0 Å². The molecule has 0 amide bonds. The van der Waals surface area contributed by atoms with Gasteiger partial charge in [-0.15, -0.1) is 0 Å². The summed E-state index contributed by atoms with van der Waals surface area (Å²) in [6.45, 7) is 2.57. The highest BCUT2D eigenvalue weighted by Gasteiger charge is 2.14. The maximum absolute atomic E-state index is 5.51.